The van der Waals surface area contributed by atoms with E-state index in [0.29, 0.717) is 0 Å². The minimum absolute atomic E-state index is 0.00166. The lowest BCUT2D eigenvalue weighted by molar-refractivity contribution is -0.384. The van der Waals surface area contributed by atoms with Crippen molar-refractivity contribution in [3.8, 4) is 5.75 Å². The summed E-state index contributed by atoms with van der Waals surface area (Å²) >= 11 is 0. The average Bonchev–Trinajstić information content (AvgIpc) is 2.46. The predicted molar refractivity (Wildman–Crippen MR) is 73.0 cm³/mol. The third-order valence-corrected chi connectivity index (χ3v) is 2.62. The highest BCUT2D eigenvalue weighted by molar-refractivity contribution is 6.39. The Morgan fingerprint density at radius 3 is 2.67 bits per heavy atom. The van der Waals surface area contributed by atoms with E-state index in [2.05, 4.69) is 5.32 Å². The lowest BCUT2D eigenvalue weighted by atomic mass is 10.2. The number of likely N-dealkylation sites (N-methyl/N-ethyl adjacent to an activating group) is 1. The maximum absolute atomic E-state index is 11.8. The number of nitrogens with zero attached hydrogens (tertiary/aromatic N) is 2. The second kappa shape index (κ2) is 7.20. The average molecular weight is 297 g/mol. The minimum Gasteiger partial charge on any atom is -0.495 e. The summed E-state index contributed by atoms with van der Waals surface area (Å²) in [5, 5.41) is 21.7. The maximum atomic E-state index is 11.8. The van der Waals surface area contributed by atoms with E-state index < -0.39 is 16.7 Å². The van der Waals surface area contributed by atoms with E-state index >= 15 is 0 Å². The third-order valence-electron chi connectivity index (χ3n) is 2.62. The number of benzene rings is 1. The Labute approximate surface area is 120 Å². The Morgan fingerprint density at radius 1 is 1.48 bits per heavy atom. The quantitative estimate of drug-likeness (QED) is 0.448. The van der Waals surface area contributed by atoms with Crippen LogP contribution in [0.4, 0.5) is 11.4 Å². The van der Waals surface area contributed by atoms with E-state index in [1.165, 1.54) is 26.3 Å². The molecule has 2 N–H and O–H groups in total. The summed E-state index contributed by atoms with van der Waals surface area (Å²) in [5.41, 5.74) is -0.232. The maximum Gasteiger partial charge on any atom is 0.314 e. The molecule has 0 aliphatic heterocycles. The van der Waals surface area contributed by atoms with Gasteiger partial charge in [0.25, 0.3) is 5.69 Å². The standard InChI is InChI=1S/C12H15N3O6/c1-14(5-6-16)12(18)11(17)13-9-7-8(15(19)20)3-4-10(9)21-2/h3-4,7,16H,5-6H2,1-2H3,(H,13,17). The summed E-state index contributed by atoms with van der Waals surface area (Å²) in [7, 11) is 2.68. The Hall–Kier alpha value is -2.68. The van der Waals surface area contributed by atoms with Crippen molar-refractivity contribution in [1.82, 2.24) is 4.90 Å². The molecule has 0 atom stereocenters. The van der Waals surface area contributed by atoms with Gasteiger partial charge in [-0.05, 0) is 6.07 Å². The van der Waals surface area contributed by atoms with Crippen LogP contribution in [0.25, 0.3) is 0 Å². The zero-order valence-corrected chi connectivity index (χ0v) is 11.5. The number of hydrogen-bond donors (Lipinski definition) is 2. The van der Waals surface area contributed by atoms with Gasteiger partial charge >= 0.3 is 11.8 Å². The van der Waals surface area contributed by atoms with E-state index in [1.807, 2.05) is 0 Å². The third kappa shape index (κ3) is 4.14. The van der Waals surface area contributed by atoms with Gasteiger partial charge in [0.05, 0.1) is 24.3 Å². The van der Waals surface area contributed by atoms with Crippen molar-refractivity contribution in [3.63, 3.8) is 0 Å². The van der Waals surface area contributed by atoms with E-state index in [1.54, 1.807) is 0 Å². The van der Waals surface area contributed by atoms with Crippen LogP contribution in [0.3, 0.4) is 0 Å². The highest BCUT2D eigenvalue weighted by atomic mass is 16.6. The lowest BCUT2D eigenvalue weighted by Crippen LogP contribution is -2.38. The van der Waals surface area contributed by atoms with Gasteiger partial charge in [-0.1, -0.05) is 0 Å². The van der Waals surface area contributed by atoms with Gasteiger partial charge in [-0.3, -0.25) is 19.7 Å². The Kier molecular flexibility index (Phi) is 5.61. The van der Waals surface area contributed by atoms with Crippen LogP contribution >= 0.6 is 0 Å². The Bertz CT molecular complexity index is 560. The molecule has 0 aliphatic carbocycles. The fourth-order valence-corrected chi connectivity index (χ4v) is 1.51. The smallest absolute Gasteiger partial charge is 0.314 e. The van der Waals surface area contributed by atoms with Crippen molar-refractivity contribution >= 4 is 23.2 Å². The fourth-order valence-electron chi connectivity index (χ4n) is 1.51. The summed E-state index contributed by atoms with van der Waals surface area (Å²) in [6.45, 7) is -0.284. The SMILES string of the molecule is COc1ccc([N+](=O)[O-])cc1NC(=O)C(=O)N(C)CCO. The molecular weight excluding hydrogens is 282 g/mol. The summed E-state index contributed by atoms with van der Waals surface area (Å²) in [5.74, 6) is -1.67. The first-order valence-electron chi connectivity index (χ1n) is 5.90. The summed E-state index contributed by atoms with van der Waals surface area (Å²) in [6, 6.07) is 3.62. The first-order valence-corrected chi connectivity index (χ1v) is 5.90. The first-order chi connectivity index (χ1) is 9.90. The molecule has 0 saturated carbocycles. The highest BCUT2D eigenvalue weighted by Gasteiger charge is 2.21. The second-order valence-electron chi connectivity index (χ2n) is 4.05. The molecule has 0 radical (unpaired) electrons. The Morgan fingerprint density at radius 2 is 2.14 bits per heavy atom. The van der Waals surface area contributed by atoms with Crippen LogP contribution in [-0.4, -0.2) is 54.1 Å². The molecule has 0 aromatic heterocycles. The molecular formula is C12H15N3O6. The van der Waals surface area contributed by atoms with Gasteiger partial charge in [-0.2, -0.15) is 0 Å². The zero-order valence-electron chi connectivity index (χ0n) is 11.5. The number of nitrogens with one attached hydrogen (secondary N) is 1. The van der Waals surface area contributed by atoms with Gasteiger partial charge < -0.3 is 20.1 Å². The van der Waals surface area contributed by atoms with Gasteiger partial charge in [0.2, 0.25) is 0 Å². The normalized spacial score (nSPS) is 9.86. The molecule has 0 saturated heterocycles. The van der Waals surface area contributed by atoms with Crippen molar-refractivity contribution in [2.75, 3.05) is 32.6 Å². The van der Waals surface area contributed by atoms with Crippen LogP contribution in [0.2, 0.25) is 0 Å². The molecule has 1 rings (SSSR count). The number of methoxy groups -OCH3 is 1. The minimum atomic E-state index is -0.982. The molecule has 0 bridgehead atoms. The van der Waals surface area contributed by atoms with Crippen molar-refractivity contribution in [1.29, 1.82) is 0 Å². The number of nitro groups is 1. The van der Waals surface area contributed by atoms with E-state index in [4.69, 9.17) is 9.84 Å². The molecule has 9 nitrogen and oxygen atoms in total. The monoisotopic (exact) mass is 297 g/mol. The van der Waals surface area contributed by atoms with Crippen LogP contribution < -0.4 is 10.1 Å². The number of ether oxygens (including phenoxy) is 1. The number of aliphatic hydroxyl groups is 1. The Balaban J connectivity index is 2.95. The fraction of sp³-hybridized carbons (Fsp3) is 0.333. The molecule has 0 unspecified atom stereocenters. The number of anilines is 1. The molecule has 0 fully saturated rings. The second-order valence-corrected chi connectivity index (χ2v) is 4.05. The number of non-ortho nitro benzene ring substituents is 1. The van der Waals surface area contributed by atoms with Gasteiger partial charge in [0.15, 0.2) is 0 Å². The summed E-state index contributed by atoms with van der Waals surface area (Å²) in [4.78, 5) is 34.6. The molecule has 0 heterocycles. The van der Waals surface area contributed by atoms with Gasteiger partial charge in [0.1, 0.15) is 5.75 Å². The van der Waals surface area contributed by atoms with Crippen molar-refractivity contribution < 1.29 is 24.4 Å². The molecule has 0 aliphatic rings. The van der Waals surface area contributed by atoms with E-state index in [9.17, 15) is 19.7 Å². The number of carbonyl (C=O) groups excluding carboxylic acids is 2. The van der Waals surface area contributed by atoms with Crippen molar-refractivity contribution in [2.24, 2.45) is 0 Å². The largest absolute Gasteiger partial charge is 0.495 e. The molecule has 1 aromatic rings. The number of hydrogen-bond acceptors (Lipinski definition) is 6. The molecule has 114 valence electrons. The van der Waals surface area contributed by atoms with Crippen molar-refractivity contribution in [2.45, 2.75) is 0 Å². The number of rotatable bonds is 5. The molecule has 2 amide bonds. The molecule has 1 aromatic carbocycles. The number of carbonyl (C=O) groups is 2. The van der Waals surface area contributed by atoms with Gasteiger partial charge in [-0.15, -0.1) is 0 Å². The lowest BCUT2D eigenvalue weighted by Gasteiger charge is -2.15. The highest BCUT2D eigenvalue weighted by Crippen LogP contribution is 2.28. The first kappa shape index (κ1) is 16.4. The van der Waals surface area contributed by atoms with E-state index in [0.717, 1.165) is 11.0 Å². The van der Waals surface area contributed by atoms with Gasteiger partial charge in [0, 0.05) is 25.7 Å². The van der Waals surface area contributed by atoms with Crippen molar-refractivity contribution in [3.05, 3.63) is 28.3 Å². The number of nitro benzene ring substituents is 1. The van der Waals surface area contributed by atoms with E-state index in [-0.39, 0.29) is 30.3 Å². The molecule has 0 spiro atoms. The van der Waals surface area contributed by atoms with Crippen LogP contribution in [0.5, 0.6) is 5.75 Å². The van der Waals surface area contributed by atoms with Crippen LogP contribution in [0.1, 0.15) is 0 Å². The van der Waals surface area contributed by atoms with Crippen LogP contribution in [0.15, 0.2) is 18.2 Å². The molecule has 21 heavy (non-hydrogen) atoms. The number of aliphatic hydroxyl groups excluding tert-OH is 1. The molecule has 9 heteroatoms. The van der Waals surface area contributed by atoms with Gasteiger partial charge in [-0.25, -0.2) is 0 Å². The predicted octanol–water partition coefficient (Wildman–Crippen LogP) is -0.00740. The zero-order chi connectivity index (χ0) is 16.0. The topological polar surface area (TPSA) is 122 Å². The van der Waals surface area contributed by atoms with Crippen LogP contribution in [0, 0.1) is 10.1 Å². The number of amides is 2. The summed E-state index contributed by atoms with van der Waals surface area (Å²) in [6.07, 6.45) is 0. The summed E-state index contributed by atoms with van der Waals surface area (Å²) < 4.78 is 4.97. The van der Waals surface area contributed by atoms with Crippen LogP contribution in [-0.2, 0) is 9.59 Å².